The van der Waals surface area contributed by atoms with Gasteiger partial charge in [-0.3, -0.25) is 0 Å². The SMILES string of the molecule is CSc1cc(N)cs1. The van der Waals surface area contributed by atoms with Crippen LogP contribution in [0.3, 0.4) is 0 Å². The first-order chi connectivity index (χ1) is 3.83. The van der Waals surface area contributed by atoms with Crippen molar-refractivity contribution in [1.29, 1.82) is 0 Å². The lowest BCUT2D eigenvalue weighted by molar-refractivity contribution is 1.72. The van der Waals surface area contributed by atoms with Crippen molar-refractivity contribution in [2.75, 3.05) is 12.0 Å². The molecule has 0 aliphatic heterocycles. The molecule has 0 fully saturated rings. The van der Waals surface area contributed by atoms with Crippen LogP contribution >= 0.6 is 23.1 Å². The molecule has 0 amide bonds. The summed E-state index contributed by atoms with van der Waals surface area (Å²) in [6, 6.07) is 1.98. The summed E-state index contributed by atoms with van der Waals surface area (Å²) in [5.74, 6) is 0. The molecule has 1 rings (SSSR count). The van der Waals surface area contributed by atoms with Gasteiger partial charge in [0.25, 0.3) is 0 Å². The fourth-order valence-electron chi connectivity index (χ4n) is 0.437. The van der Waals surface area contributed by atoms with Gasteiger partial charge in [0.15, 0.2) is 0 Å². The second-order valence-electron chi connectivity index (χ2n) is 1.40. The number of thioether (sulfide) groups is 1. The van der Waals surface area contributed by atoms with Crippen LogP contribution in [0, 0.1) is 0 Å². The maximum Gasteiger partial charge on any atom is 0.0617 e. The van der Waals surface area contributed by atoms with Crippen LogP contribution in [0.25, 0.3) is 0 Å². The Morgan fingerprint density at radius 1 is 1.75 bits per heavy atom. The zero-order valence-corrected chi connectivity index (χ0v) is 6.18. The van der Waals surface area contributed by atoms with Crippen LogP contribution in [-0.2, 0) is 0 Å². The molecule has 0 saturated heterocycles. The van der Waals surface area contributed by atoms with Gasteiger partial charge in [-0.2, -0.15) is 0 Å². The molecule has 1 aromatic heterocycles. The quantitative estimate of drug-likeness (QED) is 0.612. The van der Waals surface area contributed by atoms with Crippen LogP contribution < -0.4 is 5.73 Å². The molecule has 1 nitrogen and oxygen atoms in total. The van der Waals surface area contributed by atoms with Crippen molar-refractivity contribution in [3.63, 3.8) is 0 Å². The molecule has 0 aliphatic rings. The molecule has 0 spiro atoms. The van der Waals surface area contributed by atoms with Crippen LogP contribution in [-0.4, -0.2) is 6.26 Å². The summed E-state index contributed by atoms with van der Waals surface area (Å²) < 4.78 is 1.28. The van der Waals surface area contributed by atoms with Crippen molar-refractivity contribution < 1.29 is 0 Å². The van der Waals surface area contributed by atoms with Crippen LogP contribution in [0.15, 0.2) is 15.7 Å². The first kappa shape index (κ1) is 5.98. The molecule has 0 bridgehead atoms. The number of thiophene rings is 1. The summed E-state index contributed by atoms with van der Waals surface area (Å²) in [5, 5.41) is 1.95. The third-order valence-electron chi connectivity index (χ3n) is 0.797. The van der Waals surface area contributed by atoms with Gasteiger partial charge in [0.1, 0.15) is 0 Å². The van der Waals surface area contributed by atoms with Crippen molar-refractivity contribution >= 4 is 28.8 Å². The highest BCUT2D eigenvalue weighted by Crippen LogP contribution is 2.24. The Morgan fingerprint density at radius 3 is 2.75 bits per heavy atom. The van der Waals surface area contributed by atoms with E-state index in [0.717, 1.165) is 5.69 Å². The smallest absolute Gasteiger partial charge is 0.0617 e. The predicted molar refractivity (Wildman–Crippen MR) is 40.5 cm³/mol. The molecular weight excluding hydrogens is 138 g/mol. The van der Waals surface area contributed by atoms with E-state index in [4.69, 9.17) is 5.73 Å². The van der Waals surface area contributed by atoms with Crippen molar-refractivity contribution in [2.45, 2.75) is 4.21 Å². The van der Waals surface area contributed by atoms with Gasteiger partial charge in [0.05, 0.1) is 4.21 Å². The summed E-state index contributed by atoms with van der Waals surface area (Å²) in [4.78, 5) is 0. The van der Waals surface area contributed by atoms with Crippen LogP contribution in [0.5, 0.6) is 0 Å². The van der Waals surface area contributed by atoms with E-state index in [0.29, 0.717) is 0 Å². The van der Waals surface area contributed by atoms with E-state index in [1.165, 1.54) is 4.21 Å². The van der Waals surface area contributed by atoms with Gasteiger partial charge in [0, 0.05) is 11.1 Å². The maximum absolute atomic E-state index is 5.45. The van der Waals surface area contributed by atoms with Gasteiger partial charge in [-0.15, -0.1) is 23.1 Å². The lowest BCUT2D eigenvalue weighted by Gasteiger charge is -1.80. The first-order valence-electron chi connectivity index (χ1n) is 2.21. The monoisotopic (exact) mass is 145 g/mol. The van der Waals surface area contributed by atoms with Crippen molar-refractivity contribution in [2.24, 2.45) is 0 Å². The second kappa shape index (κ2) is 2.42. The molecule has 0 radical (unpaired) electrons. The van der Waals surface area contributed by atoms with Gasteiger partial charge in [-0.05, 0) is 12.3 Å². The summed E-state index contributed by atoms with van der Waals surface area (Å²) in [6.07, 6.45) is 2.05. The molecule has 1 heterocycles. The lowest BCUT2D eigenvalue weighted by Crippen LogP contribution is -1.75. The van der Waals surface area contributed by atoms with Crippen molar-refractivity contribution in [3.05, 3.63) is 11.4 Å². The molecule has 0 aliphatic carbocycles. The minimum Gasteiger partial charge on any atom is -0.398 e. The molecule has 3 heteroatoms. The van der Waals surface area contributed by atoms with Crippen LogP contribution in [0.2, 0.25) is 0 Å². The summed E-state index contributed by atoms with van der Waals surface area (Å²) in [7, 11) is 0. The number of hydrogen-bond donors (Lipinski definition) is 1. The average molecular weight is 145 g/mol. The zero-order valence-electron chi connectivity index (χ0n) is 4.55. The number of nitrogen functional groups attached to an aromatic ring is 1. The zero-order chi connectivity index (χ0) is 5.98. The van der Waals surface area contributed by atoms with Crippen molar-refractivity contribution in [1.82, 2.24) is 0 Å². The second-order valence-corrected chi connectivity index (χ2v) is 3.42. The normalized spacial score (nSPS) is 9.62. The van der Waals surface area contributed by atoms with E-state index in [2.05, 4.69) is 0 Å². The molecule has 0 aromatic carbocycles. The molecule has 44 valence electrons. The number of anilines is 1. The van der Waals surface area contributed by atoms with E-state index >= 15 is 0 Å². The first-order valence-corrected chi connectivity index (χ1v) is 4.31. The fourth-order valence-corrected chi connectivity index (χ4v) is 1.74. The Morgan fingerprint density at radius 2 is 2.50 bits per heavy atom. The van der Waals surface area contributed by atoms with Gasteiger partial charge < -0.3 is 5.73 Å². The highest BCUT2D eigenvalue weighted by Gasteiger charge is 1.90. The minimum atomic E-state index is 0.874. The lowest BCUT2D eigenvalue weighted by atomic mass is 10.6. The number of hydrogen-bond acceptors (Lipinski definition) is 3. The van der Waals surface area contributed by atoms with E-state index in [9.17, 15) is 0 Å². The molecule has 0 saturated carbocycles. The largest absolute Gasteiger partial charge is 0.398 e. The fraction of sp³-hybridized carbons (Fsp3) is 0.200. The van der Waals surface area contributed by atoms with Gasteiger partial charge >= 0.3 is 0 Å². The highest BCUT2D eigenvalue weighted by molar-refractivity contribution is 8.00. The van der Waals surface area contributed by atoms with Crippen LogP contribution in [0.1, 0.15) is 0 Å². The van der Waals surface area contributed by atoms with Crippen LogP contribution in [0.4, 0.5) is 5.69 Å². The Hall–Kier alpha value is -0.150. The molecule has 1 aromatic rings. The summed E-state index contributed by atoms with van der Waals surface area (Å²) >= 11 is 3.42. The molecule has 0 unspecified atom stereocenters. The van der Waals surface area contributed by atoms with Crippen molar-refractivity contribution in [3.8, 4) is 0 Å². The summed E-state index contributed by atoms with van der Waals surface area (Å²) in [6.45, 7) is 0. The molecule has 0 atom stereocenters. The number of nitrogens with two attached hydrogens (primary N) is 1. The van der Waals surface area contributed by atoms with Gasteiger partial charge in [-0.25, -0.2) is 0 Å². The molecule has 2 N–H and O–H groups in total. The van der Waals surface area contributed by atoms with E-state index in [1.54, 1.807) is 23.1 Å². The van der Waals surface area contributed by atoms with Gasteiger partial charge in [-0.1, -0.05) is 0 Å². The maximum atomic E-state index is 5.45. The van der Waals surface area contributed by atoms with E-state index < -0.39 is 0 Å². The standard InChI is InChI=1S/C5H7NS2/c1-7-5-2-4(6)3-8-5/h2-3H,6H2,1H3. The minimum absolute atomic E-state index is 0.874. The Balaban J connectivity index is 2.84. The summed E-state index contributed by atoms with van der Waals surface area (Å²) in [5.41, 5.74) is 6.33. The number of rotatable bonds is 1. The Kier molecular flexibility index (Phi) is 1.81. The van der Waals surface area contributed by atoms with Gasteiger partial charge in [0.2, 0.25) is 0 Å². The highest BCUT2D eigenvalue weighted by atomic mass is 32.2. The van der Waals surface area contributed by atoms with E-state index in [-0.39, 0.29) is 0 Å². The van der Waals surface area contributed by atoms with E-state index in [1.807, 2.05) is 17.7 Å². The topological polar surface area (TPSA) is 26.0 Å². The Bertz CT molecular complexity index is 171. The third kappa shape index (κ3) is 1.17. The molecular formula is C5H7NS2. The average Bonchev–Trinajstić information content (AvgIpc) is 2.14. The molecule has 8 heavy (non-hydrogen) atoms. The Labute approximate surface area is 56.9 Å². The third-order valence-corrected chi connectivity index (χ3v) is 2.85. The predicted octanol–water partition coefficient (Wildman–Crippen LogP) is 2.05.